The molecule has 2 aromatic rings. The van der Waals surface area contributed by atoms with Crippen molar-refractivity contribution in [3.05, 3.63) is 65.7 Å². The van der Waals surface area contributed by atoms with Gasteiger partial charge in [0.1, 0.15) is 5.75 Å². The molecule has 2 aromatic carbocycles. The summed E-state index contributed by atoms with van der Waals surface area (Å²) in [6, 6.07) is 14.9. The van der Waals surface area contributed by atoms with Gasteiger partial charge in [0.25, 0.3) is 11.8 Å². The summed E-state index contributed by atoms with van der Waals surface area (Å²) in [4.78, 5) is 34.6. The number of rotatable bonds is 6. The normalized spacial score (nSPS) is 9.83. The van der Waals surface area contributed by atoms with Crippen LogP contribution < -0.4 is 21.1 Å². The molecule has 0 fully saturated rings. The molecule has 0 aliphatic carbocycles. The van der Waals surface area contributed by atoms with E-state index in [1.165, 1.54) is 12.1 Å². The van der Waals surface area contributed by atoms with Crippen LogP contribution in [0.15, 0.2) is 54.6 Å². The average Bonchev–Trinajstić information content (AvgIpc) is 2.59. The minimum Gasteiger partial charge on any atom is -0.483 e. The second-order valence-electron chi connectivity index (χ2n) is 4.87. The Bertz CT molecular complexity index is 732. The molecule has 7 heteroatoms. The molecular formula is C17H17N3O4. The van der Waals surface area contributed by atoms with Crippen molar-refractivity contribution in [3.63, 3.8) is 0 Å². The van der Waals surface area contributed by atoms with Gasteiger partial charge < -0.3 is 15.8 Å². The highest BCUT2D eigenvalue weighted by atomic mass is 16.5. The predicted molar refractivity (Wildman–Crippen MR) is 87.3 cm³/mol. The zero-order valence-electron chi connectivity index (χ0n) is 12.8. The number of amides is 4. The van der Waals surface area contributed by atoms with Crippen molar-refractivity contribution in [2.45, 2.75) is 6.54 Å². The van der Waals surface area contributed by atoms with Crippen LogP contribution in [0.5, 0.6) is 5.75 Å². The third kappa shape index (κ3) is 5.13. The predicted octanol–water partition coefficient (Wildman–Crippen LogP) is 1.19. The first-order valence-electron chi connectivity index (χ1n) is 7.19. The molecule has 4 amide bonds. The Morgan fingerprint density at radius 2 is 1.62 bits per heavy atom. The molecule has 4 N–H and O–H groups in total. The molecule has 124 valence electrons. The lowest BCUT2D eigenvalue weighted by Crippen LogP contribution is -2.41. The molecule has 0 aromatic heterocycles. The molecule has 0 saturated carbocycles. The zero-order valence-corrected chi connectivity index (χ0v) is 12.8. The van der Waals surface area contributed by atoms with Crippen molar-refractivity contribution < 1.29 is 19.1 Å². The molecule has 2 rings (SSSR count). The fourth-order valence-corrected chi connectivity index (χ4v) is 1.92. The standard InChI is InChI=1S/C17H17N3O4/c18-16(22)13-8-4-5-9-14(13)24-11-15(21)20-17(23)19-10-12-6-2-1-3-7-12/h1-9H,10-11H2,(H2,18,22)(H2,19,20,21,23). The molecule has 0 atom stereocenters. The lowest BCUT2D eigenvalue weighted by atomic mass is 10.2. The fraction of sp³-hybridized carbons (Fsp3) is 0.118. The highest BCUT2D eigenvalue weighted by Gasteiger charge is 2.12. The Hall–Kier alpha value is -3.35. The quantitative estimate of drug-likeness (QED) is 0.740. The second kappa shape index (κ2) is 8.33. The van der Waals surface area contributed by atoms with Crippen LogP contribution in [-0.2, 0) is 11.3 Å². The summed E-state index contributed by atoms with van der Waals surface area (Å²) >= 11 is 0. The Morgan fingerprint density at radius 1 is 0.958 bits per heavy atom. The van der Waals surface area contributed by atoms with Gasteiger partial charge in [0.2, 0.25) is 0 Å². The van der Waals surface area contributed by atoms with Gasteiger partial charge in [-0.1, -0.05) is 42.5 Å². The number of nitrogens with two attached hydrogens (primary N) is 1. The van der Waals surface area contributed by atoms with Gasteiger partial charge in [-0.15, -0.1) is 0 Å². The van der Waals surface area contributed by atoms with Crippen LogP contribution in [0.25, 0.3) is 0 Å². The topological polar surface area (TPSA) is 111 Å². The fourth-order valence-electron chi connectivity index (χ4n) is 1.92. The summed E-state index contributed by atoms with van der Waals surface area (Å²) in [5, 5.41) is 4.70. The summed E-state index contributed by atoms with van der Waals surface area (Å²) in [5.74, 6) is -1.11. The third-order valence-electron chi connectivity index (χ3n) is 3.06. The van der Waals surface area contributed by atoms with Crippen molar-refractivity contribution in [1.82, 2.24) is 10.6 Å². The van der Waals surface area contributed by atoms with E-state index in [1.54, 1.807) is 12.1 Å². The molecule has 0 radical (unpaired) electrons. The number of nitrogens with one attached hydrogen (secondary N) is 2. The van der Waals surface area contributed by atoms with Gasteiger partial charge >= 0.3 is 6.03 Å². The number of hydrogen-bond donors (Lipinski definition) is 3. The van der Waals surface area contributed by atoms with Gasteiger partial charge in [-0.25, -0.2) is 4.79 Å². The van der Waals surface area contributed by atoms with Crippen molar-refractivity contribution >= 4 is 17.8 Å². The first kappa shape index (κ1) is 17.0. The Labute approximate surface area is 138 Å². The first-order valence-corrected chi connectivity index (χ1v) is 7.19. The molecule has 0 aliphatic rings. The largest absolute Gasteiger partial charge is 0.483 e. The number of urea groups is 1. The van der Waals surface area contributed by atoms with Crippen LogP contribution in [0, 0.1) is 0 Å². The van der Waals surface area contributed by atoms with E-state index in [2.05, 4.69) is 10.6 Å². The molecule has 0 spiro atoms. The van der Waals surface area contributed by atoms with E-state index in [4.69, 9.17) is 10.5 Å². The average molecular weight is 327 g/mol. The molecular weight excluding hydrogens is 310 g/mol. The van der Waals surface area contributed by atoms with Gasteiger partial charge in [-0.05, 0) is 17.7 Å². The van der Waals surface area contributed by atoms with E-state index in [0.717, 1.165) is 5.56 Å². The number of ether oxygens (including phenoxy) is 1. The second-order valence-corrected chi connectivity index (χ2v) is 4.87. The van der Waals surface area contributed by atoms with E-state index < -0.39 is 24.5 Å². The number of para-hydroxylation sites is 1. The SMILES string of the molecule is NC(=O)c1ccccc1OCC(=O)NC(=O)NCc1ccccc1. The van der Waals surface area contributed by atoms with Gasteiger partial charge in [0.05, 0.1) is 5.56 Å². The van der Waals surface area contributed by atoms with Crippen LogP contribution in [0.3, 0.4) is 0 Å². The number of hydrogen-bond acceptors (Lipinski definition) is 4. The van der Waals surface area contributed by atoms with Crippen LogP contribution in [-0.4, -0.2) is 24.5 Å². The van der Waals surface area contributed by atoms with Gasteiger partial charge in [-0.3, -0.25) is 14.9 Å². The van der Waals surface area contributed by atoms with Gasteiger partial charge in [0, 0.05) is 6.54 Å². The first-order chi connectivity index (χ1) is 11.6. The van der Waals surface area contributed by atoms with E-state index in [1.807, 2.05) is 30.3 Å². The number of benzene rings is 2. The highest BCUT2D eigenvalue weighted by Crippen LogP contribution is 2.16. The van der Waals surface area contributed by atoms with Crippen LogP contribution in [0.1, 0.15) is 15.9 Å². The van der Waals surface area contributed by atoms with Crippen LogP contribution in [0.2, 0.25) is 0 Å². The summed E-state index contributed by atoms with van der Waals surface area (Å²) < 4.78 is 5.23. The molecule has 0 bridgehead atoms. The number of carbonyl (C=O) groups excluding carboxylic acids is 3. The maximum atomic E-state index is 11.7. The number of imide groups is 1. The monoisotopic (exact) mass is 327 g/mol. The van der Waals surface area contributed by atoms with E-state index >= 15 is 0 Å². The minimum absolute atomic E-state index is 0.166. The minimum atomic E-state index is -0.661. The van der Waals surface area contributed by atoms with Crippen molar-refractivity contribution in [2.75, 3.05) is 6.61 Å². The summed E-state index contributed by atoms with van der Waals surface area (Å²) in [7, 11) is 0. The maximum Gasteiger partial charge on any atom is 0.321 e. The van der Waals surface area contributed by atoms with Gasteiger partial charge in [0.15, 0.2) is 6.61 Å². The lowest BCUT2D eigenvalue weighted by Gasteiger charge is -2.10. The molecule has 0 saturated heterocycles. The van der Waals surface area contributed by atoms with Gasteiger partial charge in [-0.2, -0.15) is 0 Å². The molecule has 0 unspecified atom stereocenters. The van der Waals surface area contributed by atoms with E-state index in [9.17, 15) is 14.4 Å². The number of carbonyl (C=O) groups is 3. The Balaban J connectivity index is 1.79. The Kier molecular flexibility index (Phi) is 5.90. The smallest absolute Gasteiger partial charge is 0.321 e. The van der Waals surface area contributed by atoms with Crippen molar-refractivity contribution in [1.29, 1.82) is 0 Å². The summed E-state index contributed by atoms with van der Waals surface area (Å²) in [5.41, 5.74) is 6.29. The van der Waals surface area contributed by atoms with E-state index in [-0.39, 0.29) is 11.3 Å². The highest BCUT2D eigenvalue weighted by molar-refractivity contribution is 5.96. The summed E-state index contributed by atoms with van der Waals surface area (Å²) in [6.07, 6.45) is 0. The zero-order chi connectivity index (χ0) is 17.4. The van der Waals surface area contributed by atoms with Crippen LogP contribution in [0.4, 0.5) is 4.79 Å². The third-order valence-corrected chi connectivity index (χ3v) is 3.06. The maximum absolute atomic E-state index is 11.7. The van der Waals surface area contributed by atoms with E-state index in [0.29, 0.717) is 6.54 Å². The van der Waals surface area contributed by atoms with Crippen molar-refractivity contribution in [3.8, 4) is 5.75 Å². The Morgan fingerprint density at radius 3 is 2.33 bits per heavy atom. The molecule has 24 heavy (non-hydrogen) atoms. The summed E-state index contributed by atoms with van der Waals surface area (Å²) in [6.45, 7) is -0.117. The van der Waals surface area contributed by atoms with Crippen LogP contribution >= 0.6 is 0 Å². The molecule has 0 heterocycles. The molecule has 0 aliphatic heterocycles. The van der Waals surface area contributed by atoms with Crippen molar-refractivity contribution in [2.24, 2.45) is 5.73 Å². The lowest BCUT2D eigenvalue weighted by molar-refractivity contribution is -0.122. The number of primary amides is 1. The molecule has 7 nitrogen and oxygen atoms in total.